The second-order valence-electron chi connectivity index (χ2n) is 17.7. The van der Waals surface area contributed by atoms with Crippen molar-refractivity contribution in [3.05, 3.63) is 34.4 Å². The van der Waals surface area contributed by atoms with Gasteiger partial charge in [-0.3, -0.25) is 4.79 Å². The first kappa shape index (κ1) is 58.1. The van der Waals surface area contributed by atoms with Crippen LogP contribution in [-0.4, -0.2) is 45.8 Å². The average Bonchev–Trinajstić information content (AvgIpc) is 3.24. The molecule has 0 radical (unpaired) electrons. The molecule has 0 spiro atoms. The number of ether oxygens (including phenoxy) is 1. The second kappa shape index (κ2) is 43.7. The third-order valence-corrected chi connectivity index (χ3v) is 12.0. The highest BCUT2D eigenvalue weighted by Gasteiger charge is 2.23. The van der Waals surface area contributed by atoms with E-state index in [0.717, 1.165) is 38.2 Å². The predicted molar refractivity (Wildman–Crippen MR) is 254 cm³/mol. The Balaban J connectivity index is 0.00000119. The normalized spacial score (nSPS) is 11.0. The highest BCUT2D eigenvalue weighted by molar-refractivity contribution is 6.05. The minimum Gasteiger partial charge on any atom is -0.478 e. The van der Waals surface area contributed by atoms with E-state index < -0.39 is 23.5 Å². The number of unbranched alkanes of at least 4 members (excludes halogenated alkanes) is 34. The number of carbonyl (C=O) groups is 4. The molecule has 0 aliphatic rings. The lowest BCUT2D eigenvalue weighted by molar-refractivity contribution is -0.143. The van der Waals surface area contributed by atoms with Crippen molar-refractivity contribution in [1.29, 1.82) is 0 Å². The molecule has 0 atom stereocenters. The van der Waals surface area contributed by atoms with Crippen LogP contribution in [0.5, 0.6) is 0 Å². The molecule has 0 aliphatic carbocycles. The number of aryl methyl sites for hydroxylation is 1. The minimum atomic E-state index is -1.43. The van der Waals surface area contributed by atoms with Gasteiger partial charge in [0.2, 0.25) is 0 Å². The lowest BCUT2D eigenvalue weighted by Gasteiger charge is -2.11. The van der Waals surface area contributed by atoms with Gasteiger partial charge < -0.3 is 20.1 Å². The van der Waals surface area contributed by atoms with E-state index in [4.69, 9.17) is 9.84 Å². The van der Waals surface area contributed by atoms with E-state index in [1.54, 1.807) is 0 Å². The molecule has 0 unspecified atom stereocenters. The van der Waals surface area contributed by atoms with Crippen LogP contribution in [0.4, 0.5) is 0 Å². The number of esters is 1. The Labute approximate surface area is 374 Å². The first-order valence-corrected chi connectivity index (χ1v) is 25.7. The Bertz CT molecular complexity index is 1210. The molecule has 8 heteroatoms. The Hall–Kier alpha value is -2.90. The molecule has 0 heterocycles. The van der Waals surface area contributed by atoms with Crippen molar-refractivity contribution in [2.24, 2.45) is 0 Å². The zero-order chi connectivity index (χ0) is 45.0. The van der Waals surface area contributed by atoms with E-state index >= 15 is 0 Å². The van der Waals surface area contributed by atoms with E-state index in [0.29, 0.717) is 25.9 Å². The molecule has 1 rings (SSSR count). The van der Waals surface area contributed by atoms with Gasteiger partial charge in [0.25, 0.3) is 0 Å². The van der Waals surface area contributed by atoms with Gasteiger partial charge in [0.1, 0.15) is 0 Å². The van der Waals surface area contributed by atoms with Crippen molar-refractivity contribution in [2.45, 2.75) is 271 Å². The first-order chi connectivity index (χ1) is 29.7. The van der Waals surface area contributed by atoms with Crippen molar-refractivity contribution in [3.63, 3.8) is 0 Å². The van der Waals surface area contributed by atoms with Crippen LogP contribution in [-0.2, 0) is 16.0 Å². The Kier molecular flexibility index (Phi) is 41.7. The molecule has 0 saturated heterocycles. The van der Waals surface area contributed by atoms with Crippen molar-refractivity contribution in [2.75, 3.05) is 6.61 Å². The zero-order valence-electron chi connectivity index (χ0n) is 39.8. The molecule has 8 nitrogen and oxygen atoms in total. The van der Waals surface area contributed by atoms with Crippen LogP contribution in [0.2, 0.25) is 0 Å². The quantitative estimate of drug-likeness (QED) is 0.0436. The summed E-state index contributed by atoms with van der Waals surface area (Å²) >= 11 is 0. The standard InChI is InChI=1S/C31H62O2.C22H32O6/c1-3-5-7-9-11-13-15-16-17-18-19-21-23-25-27-29-31(32)33-30-28-26-24-22-20-14-12-10-8-6-4-2;1-2-3-4-5-6-7-8-9-10-11-12-13-16-14-17(20(23)24)15-18(21(25)26)19(16)22(27)28/h3-30H2,1-2H3;14-15H,2-13H2,1H3,(H,23,24)(H,25,26)(H,27,28). The van der Waals surface area contributed by atoms with Gasteiger partial charge >= 0.3 is 23.9 Å². The summed E-state index contributed by atoms with van der Waals surface area (Å²) in [6, 6.07) is 2.20. The number of carbonyl (C=O) groups excluding carboxylic acids is 1. The summed E-state index contributed by atoms with van der Waals surface area (Å²) in [4.78, 5) is 45.9. The Morgan fingerprint density at radius 3 is 1.05 bits per heavy atom. The summed E-state index contributed by atoms with van der Waals surface area (Å²) in [7, 11) is 0. The fourth-order valence-electron chi connectivity index (χ4n) is 8.09. The lowest BCUT2D eigenvalue weighted by atomic mass is 9.93. The SMILES string of the molecule is CCCCCCCCCCCCCCCCCC(=O)OCCCCCCCCCCCCC.CCCCCCCCCCCCCc1cc(C(=O)O)cc(C(=O)O)c1C(=O)O. The van der Waals surface area contributed by atoms with Gasteiger partial charge in [0.05, 0.1) is 23.3 Å². The van der Waals surface area contributed by atoms with Crippen molar-refractivity contribution < 1.29 is 39.2 Å². The maximum atomic E-state index is 11.8. The molecule has 0 aliphatic heterocycles. The van der Waals surface area contributed by atoms with Crippen LogP contribution in [0, 0.1) is 0 Å². The van der Waals surface area contributed by atoms with Crippen LogP contribution in [0.25, 0.3) is 0 Å². The summed E-state index contributed by atoms with van der Waals surface area (Å²) in [5.74, 6) is -4.01. The van der Waals surface area contributed by atoms with E-state index in [1.165, 1.54) is 205 Å². The molecule has 0 aromatic heterocycles. The number of aromatic carboxylic acids is 3. The largest absolute Gasteiger partial charge is 0.478 e. The summed E-state index contributed by atoms with van der Waals surface area (Å²) in [5.41, 5.74) is -0.684. The fourth-order valence-corrected chi connectivity index (χ4v) is 8.09. The van der Waals surface area contributed by atoms with Crippen LogP contribution in [0.3, 0.4) is 0 Å². The summed E-state index contributed by atoms with van der Waals surface area (Å²) in [6.07, 6.45) is 48.8. The molecule has 0 saturated carbocycles. The molecular formula is C53H94O8. The second-order valence-corrected chi connectivity index (χ2v) is 17.7. The number of hydrogen-bond donors (Lipinski definition) is 3. The third kappa shape index (κ3) is 36.3. The van der Waals surface area contributed by atoms with Crippen LogP contribution in [0.15, 0.2) is 12.1 Å². The molecule has 354 valence electrons. The monoisotopic (exact) mass is 859 g/mol. The van der Waals surface area contributed by atoms with Gasteiger partial charge in [-0.05, 0) is 43.4 Å². The maximum Gasteiger partial charge on any atom is 0.336 e. The number of rotatable bonds is 43. The van der Waals surface area contributed by atoms with Gasteiger partial charge in [0, 0.05) is 6.42 Å². The van der Waals surface area contributed by atoms with Crippen molar-refractivity contribution in [3.8, 4) is 0 Å². The fraction of sp³-hybridized carbons (Fsp3) is 0.811. The van der Waals surface area contributed by atoms with Crippen LogP contribution >= 0.6 is 0 Å². The lowest BCUT2D eigenvalue weighted by Crippen LogP contribution is -2.14. The van der Waals surface area contributed by atoms with Gasteiger partial charge in [-0.2, -0.15) is 0 Å². The van der Waals surface area contributed by atoms with E-state index in [9.17, 15) is 29.4 Å². The molecule has 1 aromatic rings. The van der Waals surface area contributed by atoms with Crippen LogP contribution in [0.1, 0.15) is 301 Å². The highest BCUT2D eigenvalue weighted by Crippen LogP contribution is 2.22. The number of hydrogen-bond acceptors (Lipinski definition) is 5. The van der Waals surface area contributed by atoms with E-state index in [-0.39, 0.29) is 22.7 Å². The zero-order valence-corrected chi connectivity index (χ0v) is 39.8. The van der Waals surface area contributed by atoms with E-state index in [1.807, 2.05) is 0 Å². The third-order valence-electron chi connectivity index (χ3n) is 12.0. The smallest absolute Gasteiger partial charge is 0.336 e. The topological polar surface area (TPSA) is 138 Å². The van der Waals surface area contributed by atoms with Crippen molar-refractivity contribution in [1.82, 2.24) is 0 Å². The van der Waals surface area contributed by atoms with E-state index in [2.05, 4.69) is 20.8 Å². The molecular weight excluding hydrogens is 765 g/mol. The average molecular weight is 859 g/mol. The molecule has 1 aromatic carbocycles. The van der Waals surface area contributed by atoms with Crippen LogP contribution < -0.4 is 0 Å². The van der Waals surface area contributed by atoms with Gasteiger partial charge in [-0.25, -0.2) is 14.4 Å². The van der Waals surface area contributed by atoms with Crippen molar-refractivity contribution >= 4 is 23.9 Å². The van der Waals surface area contributed by atoms with Gasteiger partial charge in [-0.15, -0.1) is 0 Å². The van der Waals surface area contributed by atoms with Gasteiger partial charge in [0.15, 0.2) is 0 Å². The number of carboxylic acid groups (broad SMARTS) is 3. The first-order valence-electron chi connectivity index (χ1n) is 25.7. The minimum absolute atomic E-state index is 0.0248. The summed E-state index contributed by atoms with van der Waals surface area (Å²) < 4.78 is 5.40. The Morgan fingerprint density at radius 2 is 0.721 bits per heavy atom. The summed E-state index contributed by atoms with van der Waals surface area (Å²) in [6.45, 7) is 7.40. The molecule has 0 fully saturated rings. The van der Waals surface area contributed by atoms with Gasteiger partial charge in [-0.1, -0.05) is 239 Å². The summed E-state index contributed by atoms with van der Waals surface area (Å²) in [5, 5.41) is 27.8. The molecule has 3 N–H and O–H groups in total. The Morgan fingerprint density at radius 1 is 0.393 bits per heavy atom. The number of carboxylic acids is 3. The molecule has 0 amide bonds. The molecule has 0 bridgehead atoms. The molecule has 61 heavy (non-hydrogen) atoms. The highest BCUT2D eigenvalue weighted by atomic mass is 16.5. The maximum absolute atomic E-state index is 11.8. The predicted octanol–water partition coefficient (Wildman–Crippen LogP) is 16.7. The number of benzene rings is 1.